The fourth-order valence-electron chi connectivity index (χ4n) is 2.21. The van der Waals surface area contributed by atoms with Crippen molar-refractivity contribution < 1.29 is 28.5 Å². The Kier molecular flexibility index (Phi) is 10.7. The summed E-state index contributed by atoms with van der Waals surface area (Å²) in [5, 5.41) is 0. The molecule has 0 radical (unpaired) electrons. The molecule has 1 unspecified atom stereocenters. The number of unbranched alkanes of at least 4 members (excludes halogenated alkanes) is 1. The highest BCUT2D eigenvalue weighted by Gasteiger charge is 2.17. The van der Waals surface area contributed by atoms with Gasteiger partial charge in [-0.15, -0.1) is 0 Å². The molecule has 0 aliphatic carbocycles. The summed E-state index contributed by atoms with van der Waals surface area (Å²) in [7, 11) is 0. The molecule has 0 amide bonds. The molecular formula is C21H32O6. The van der Waals surface area contributed by atoms with Crippen molar-refractivity contribution in [3.63, 3.8) is 0 Å². The quantitative estimate of drug-likeness (QED) is 0.308. The fourth-order valence-corrected chi connectivity index (χ4v) is 2.21. The van der Waals surface area contributed by atoms with Gasteiger partial charge in [-0.1, -0.05) is 31.5 Å². The van der Waals surface area contributed by atoms with Crippen LogP contribution in [-0.4, -0.2) is 43.7 Å². The Bertz CT molecular complexity index is 550. The number of hydrogen-bond donors (Lipinski definition) is 0. The summed E-state index contributed by atoms with van der Waals surface area (Å²) in [6.45, 7) is 8.17. The second-order valence-electron chi connectivity index (χ2n) is 7.21. The summed E-state index contributed by atoms with van der Waals surface area (Å²) in [5.74, 6) is -0.779. The predicted molar refractivity (Wildman–Crippen MR) is 102 cm³/mol. The van der Waals surface area contributed by atoms with E-state index in [0.29, 0.717) is 31.6 Å². The number of carbonyl (C=O) groups excluding carboxylic acids is 2. The summed E-state index contributed by atoms with van der Waals surface area (Å²) in [6.07, 6.45) is 2.55. The summed E-state index contributed by atoms with van der Waals surface area (Å²) in [6, 6.07) is 8.85. The number of carbonyl (C=O) groups is 2. The van der Waals surface area contributed by atoms with Crippen molar-refractivity contribution in [3.05, 3.63) is 35.9 Å². The number of benzene rings is 1. The van der Waals surface area contributed by atoms with Gasteiger partial charge in [0.2, 0.25) is 6.29 Å². The molecule has 0 aliphatic rings. The first-order valence-electron chi connectivity index (χ1n) is 9.49. The van der Waals surface area contributed by atoms with Crippen molar-refractivity contribution in [3.8, 4) is 0 Å². The van der Waals surface area contributed by atoms with Crippen molar-refractivity contribution in [2.24, 2.45) is 0 Å². The van der Waals surface area contributed by atoms with Crippen LogP contribution in [0.15, 0.2) is 30.3 Å². The zero-order chi connectivity index (χ0) is 20.1. The molecule has 6 heteroatoms. The minimum Gasteiger partial charge on any atom is -0.458 e. The second kappa shape index (κ2) is 12.5. The molecule has 0 fully saturated rings. The third kappa shape index (κ3) is 11.4. The Morgan fingerprint density at radius 2 is 1.74 bits per heavy atom. The van der Waals surface area contributed by atoms with Gasteiger partial charge in [-0.3, -0.25) is 0 Å². The molecule has 6 nitrogen and oxygen atoms in total. The van der Waals surface area contributed by atoms with Gasteiger partial charge >= 0.3 is 11.9 Å². The summed E-state index contributed by atoms with van der Waals surface area (Å²) in [5.41, 5.74) is -0.0121. The molecule has 152 valence electrons. The molecule has 0 bridgehead atoms. The average molecular weight is 380 g/mol. The average Bonchev–Trinajstić information content (AvgIpc) is 2.61. The van der Waals surface area contributed by atoms with Crippen molar-refractivity contribution >= 4 is 11.9 Å². The van der Waals surface area contributed by atoms with E-state index in [1.165, 1.54) is 0 Å². The van der Waals surface area contributed by atoms with Gasteiger partial charge in [0.05, 0.1) is 12.2 Å². The van der Waals surface area contributed by atoms with Gasteiger partial charge in [0, 0.05) is 13.0 Å². The zero-order valence-electron chi connectivity index (χ0n) is 16.9. The smallest absolute Gasteiger partial charge is 0.340 e. The molecule has 0 saturated carbocycles. The number of rotatable bonds is 12. The van der Waals surface area contributed by atoms with Crippen LogP contribution in [0.1, 0.15) is 63.7 Å². The van der Waals surface area contributed by atoms with E-state index in [-0.39, 0.29) is 12.6 Å². The largest absolute Gasteiger partial charge is 0.458 e. The maximum absolute atomic E-state index is 12.2. The fraction of sp³-hybridized carbons (Fsp3) is 0.619. The van der Waals surface area contributed by atoms with Gasteiger partial charge in [-0.25, -0.2) is 9.59 Å². The van der Waals surface area contributed by atoms with Crippen LogP contribution in [0.4, 0.5) is 0 Å². The third-order valence-electron chi connectivity index (χ3n) is 3.42. The van der Waals surface area contributed by atoms with E-state index in [2.05, 4.69) is 6.92 Å². The van der Waals surface area contributed by atoms with E-state index < -0.39 is 17.9 Å². The van der Waals surface area contributed by atoms with Crippen molar-refractivity contribution in [2.45, 2.75) is 65.3 Å². The molecular weight excluding hydrogens is 348 g/mol. The monoisotopic (exact) mass is 380 g/mol. The molecule has 1 rings (SSSR count). The van der Waals surface area contributed by atoms with Crippen LogP contribution in [0.3, 0.4) is 0 Å². The van der Waals surface area contributed by atoms with Gasteiger partial charge in [0.15, 0.2) is 0 Å². The molecule has 27 heavy (non-hydrogen) atoms. The van der Waals surface area contributed by atoms with Crippen LogP contribution < -0.4 is 0 Å². The third-order valence-corrected chi connectivity index (χ3v) is 3.42. The first-order valence-corrected chi connectivity index (χ1v) is 9.49. The Labute approximate surface area is 162 Å². The van der Waals surface area contributed by atoms with Crippen LogP contribution >= 0.6 is 0 Å². The molecule has 0 saturated heterocycles. The minimum atomic E-state index is -0.580. The van der Waals surface area contributed by atoms with Crippen molar-refractivity contribution in [1.82, 2.24) is 0 Å². The van der Waals surface area contributed by atoms with Crippen LogP contribution in [0, 0.1) is 0 Å². The Morgan fingerprint density at radius 3 is 2.37 bits per heavy atom. The highest BCUT2D eigenvalue weighted by atomic mass is 16.7. The first kappa shape index (κ1) is 23.1. The van der Waals surface area contributed by atoms with Crippen LogP contribution in [0.25, 0.3) is 0 Å². The molecule has 1 aromatic carbocycles. The molecule has 0 heterocycles. The Morgan fingerprint density at radius 1 is 1.04 bits per heavy atom. The second-order valence-corrected chi connectivity index (χ2v) is 7.21. The molecule has 0 spiro atoms. The predicted octanol–water partition coefficient (Wildman–Crippen LogP) is 4.12. The molecule has 0 N–H and O–H groups in total. The van der Waals surface area contributed by atoms with Gasteiger partial charge in [0.25, 0.3) is 0 Å². The Balaban J connectivity index is 2.28. The molecule has 0 aromatic heterocycles. The van der Waals surface area contributed by atoms with E-state index in [9.17, 15) is 9.59 Å². The summed E-state index contributed by atoms with van der Waals surface area (Å²) >= 11 is 0. The van der Waals surface area contributed by atoms with E-state index >= 15 is 0 Å². The van der Waals surface area contributed by atoms with E-state index in [4.69, 9.17) is 18.9 Å². The van der Waals surface area contributed by atoms with Gasteiger partial charge in [0.1, 0.15) is 12.2 Å². The first-order chi connectivity index (χ1) is 12.8. The standard InChI is InChI=1S/C21H32O6/c1-5-6-13-19(26-20(23)17-11-8-7-9-12-17)25-15-10-14-24-16-18(22)27-21(2,3)4/h7-9,11-12,19H,5-6,10,13-16H2,1-4H3. The van der Waals surface area contributed by atoms with E-state index in [1.807, 2.05) is 26.8 Å². The lowest BCUT2D eigenvalue weighted by molar-refractivity contribution is -0.160. The van der Waals surface area contributed by atoms with Gasteiger partial charge in [-0.2, -0.15) is 0 Å². The van der Waals surface area contributed by atoms with Crippen molar-refractivity contribution in [2.75, 3.05) is 19.8 Å². The lowest BCUT2D eigenvalue weighted by atomic mass is 10.2. The van der Waals surface area contributed by atoms with Crippen LogP contribution in [-0.2, 0) is 23.7 Å². The van der Waals surface area contributed by atoms with Gasteiger partial charge < -0.3 is 18.9 Å². The lowest BCUT2D eigenvalue weighted by Gasteiger charge is -2.19. The number of ether oxygens (including phenoxy) is 4. The molecule has 1 aromatic rings. The Hall–Kier alpha value is -1.92. The lowest BCUT2D eigenvalue weighted by Crippen LogP contribution is -2.27. The van der Waals surface area contributed by atoms with E-state index in [0.717, 1.165) is 12.8 Å². The highest BCUT2D eigenvalue weighted by Crippen LogP contribution is 2.11. The van der Waals surface area contributed by atoms with Crippen molar-refractivity contribution in [1.29, 1.82) is 0 Å². The number of esters is 2. The summed E-state index contributed by atoms with van der Waals surface area (Å²) in [4.78, 5) is 23.7. The SMILES string of the molecule is CCCCC(OCCCOCC(=O)OC(C)(C)C)OC(=O)c1ccccc1. The normalized spacial score (nSPS) is 12.4. The molecule has 1 atom stereocenters. The maximum Gasteiger partial charge on any atom is 0.340 e. The van der Waals surface area contributed by atoms with Crippen LogP contribution in [0.2, 0.25) is 0 Å². The van der Waals surface area contributed by atoms with E-state index in [1.54, 1.807) is 24.3 Å². The highest BCUT2D eigenvalue weighted by molar-refractivity contribution is 5.89. The number of hydrogen-bond acceptors (Lipinski definition) is 6. The topological polar surface area (TPSA) is 71.1 Å². The zero-order valence-corrected chi connectivity index (χ0v) is 16.9. The van der Waals surface area contributed by atoms with Gasteiger partial charge in [-0.05, 0) is 45.7 Å². The maximum atomic E-state index is 12.2. The minimum absolute atomic E-state index is 0.0838. The molecule has 0 aliphatic heterocycles. The summed E-state index contributed by atoms with van der Waals surface area (Å²) < 4.78 is 21.6. The van der Waals surface area contributed by atoms with Crippen LogP contribution in [0.5, 0.6) is 0 Å².